The molecule has 1 aliphatic rings. The van der Waals surface area contributed by atoms with Gasteiger partial charge in [-0.25, -0.2) is 4.39 Å². The second-order valence-electron chi connectivity index (χ2n) is 4.73. The molecule has 0 saturated carbocycles. The average Bonchev–Trinajstić information content (AvgIpc) is 2.47. The molecule has 1 heterocycles. The molecule has 20 heavy (non-hydrogen) atoms. The third kappa shape index (κ3) is 2.99. The number of halogens is 2. The number of amides is 1. The maximum absolute atomic E-state index is 13.1. The van der Waals surface area contributed by atoms with Crippen LogP contribution in [0, 0.1) is 17.1 Å². The average molecular weight is 357 g/mol. The minimum atomic E-state index is -0.378. The Balaban J connectivity index is 2.11. The number of nitriles is 1. The summed E-state index contributed by atoms with van der Waals surface area (Å²) in [5.41, 5.74) is 0.458. The van der Waals surface area contributed by atoms with E-state index in [0.717, 1.165) is 0 Å². The first-order valence-electron chi connectivity index (χ1n) is 6.22. The van der Waals surface area contributed by atoms with E-state index < -0.39 is 0 Å². The topological polar surface area (TPSA) is 44.1 Å². The van der Waals surface area contributed by atoms with Crippen LogP contribution in [0.3, 0.4) is 0 Å². The fourth-order valence-corrected chi connectivity index (χ4v) is 3.47. The van der Waals surface area contributed by atoms with E-state index in [9.17, 15) is 14.4 Å². The molecule has 106 valence electrons. The molecular weight excluding hydrogens is 343 g/mol. The number of nitrogens with zero attached hydrogens (tertiary/aromatic N) is 2. The van der Waals surface area contributed by atoms with E-state index >= 15 is 0 Å². The van der Waals surface area contributed by atoms with Crippen LogP contribution in [0.15, 0.2) is 22.7 Å². The van der Waals surface area contributed by atoms with Crippen LogP contribution in [0.2, 0.25) is 0 Å². The summed E-state index contributed by atoms with van der Waals surface area (Å²) in [5.74, 6) is -0.498. The molecular formula is C14H14BrFN2OS. The van der Waals surface area contributed by atoms with Gasteiger partial charge in [0.2, 0.25) is 0 Å². The molecule has 1 fully saturated rings. The van der Waals surface area contributed by atoms with Gasteiger partial charge in [0.1, 0.15) is 10.6 Å². The van der Waals surface area contributed by atoms with E-state index in [-0.39, 0.29) is 16.5 Å². The normalized spacial score (nSPS) is 17.6. The van der Waals surface area contributed by atoms with Crippen LogP contribution in [0.5, 0.6) is 0 Å². The fraction of sp³-hybridized carbons (Fsp3) is 0.429. The summed E-state index contributed by atoms with van der Waals surface area (Å²) >= 11 is 4.77. The van der Waals surface area contributed by atoms with E-state index in [1.807, 2.05) is 6.26 Å². The van der Waals surface area contributed by atoms with Crippen molar-refractivity contribution in [3.63, 3.8) is 0 Å². The lowest BCUT2D eigenvalue weighted by atomic mass is 9.96. The predicted octanol–water partition coefficient (Wildman–Crippen LogP) is 3.45. The van der Waals surface area contributed by atoms with Crippen LogP contribution in [-0.4, -0.2) is 34.9 Å². The molecule has 2 rings (SSSR count). The van der Waals surface area contributed by atoms with Gasteiger partial charge in [-0.2, -0.15) is 5.26 Å². The van der Waals surface area contributed by atoms with Crippen molar-refractivity contribution in [1.82, 2.24) is 4.90 Å². The summed E-state index contributed by atoms with van der Waals surface area (Å²) in [5, 5.41) is 9.23. The van der Waals surface area contributed by atoms with Gasteiger partial charge in [0.15, 0.2) is 0 Å². The Morgan fingerprint density at radius 1 is 1.50 bits per heavy atom. The molecule has 0 aromatic heterocycles. The molecule has 6 heteroatoms. The predicted molar refractivity (Wildman–Crippen MR) is 81.1 cm³/mol. The Morgan fingerprint density at radius 3 is 2.65 bits per heavy atom. The van der Waals surface area contributed by atoms with E-state index in [4.69, 9.17) is 0 Å². The first-order valence-corrected chi connectivity index (χ1v) is 8.24. The van der Waals surface area contributed by atoms with Crippen molar-refractivity contribution < 1.29 is 9.18 Å². The molecule has 0 N–H and O–H groups in total. The quantitative estimate of drug-likeness (QED) is 0.814. The molecule has 0 bridgehead atoms. The molecule has 0 aliphatic carbocycles. The highest BCUT2D eigenvalue weighted by Gasteiger charge is 2.35. The van der Waals surface area contributed by atoms with Gasteiger partial charge in [0.05, 0.1) is 11.6 Å². The Labute approximate surface area is 130 Å². The zero-order chi connectivity index (χ0) is 14.8. The van der Waals surface area contributed by atoms with Crippen molar-refractivity contribution >= 4 is 33.6 Å². The lowest BCUT2D eigenvalue weighted by molar-refractivity contribution is 0.0715. The third-order valence-corrected chi connectivity index (χ3v) is 5.55. The van der Waals surface area contributed by atoms with E-state index in [1.165, 1.54) is 18.2 Å². The Kier molecular flexibility index (Phi) is 4.71. The molecule has 0 radical (unpaired) electrons. The standard InChI is InChI=1S/C14H14BrFN2OS/c1-20-14(9-17)4-6-18(7-5-14)13(19)11-3-2-10(16)8-12(11)15/h2-3,8H,4-7H2,1H3. The molecule has 0 unspecified atom stereocenters. The van der Waals surface area contributed by atoms with Crippen LogP contribution in [-0.2, 0) is 0 Å². The van der Waals surface area contributed by atoms with Crippen molar-refractivity contribution in [3.05, 3.63) is 34.1 Å². The van der Waals surface area contributed by atoms with Crippen LogP contribution in [0.1, 0.15) is 23.2 Å². The van der Waals surface area contributed by atoms with Gasteiger partial charge in [-0.1, -0.05) is 0 Å². The third-order valence-electron chi connectivity index (χ3n) is 3.61. The number of thioether (sulfide) groups is 1. The lowest BCUT2D eigenvalue weighted by Crippen LogP contribution is -2.44. The molecule has 3 nitrogen and oxygen atoms in total. The molecule has 1 amide bonds. The molecule has 0 atom stereocenters. The highest BCUT2D eigenvalue weighted by Crippen LogP contribution is 2.34. The SMILES string of the molecule is CSC1(C#N)CCN(C(=O)c2ccc(F)cc2Br)CC1. The molecule has 0 spiro atoms. The van der Waals surface area contributed by atoms with Crippen LogP contribution >= 0.6 is 27.7 Å². The van der Waals surface area contributed by atoms with Gasteiger partial charge in [0.25, 0.3) is 5.91 Å². The van der Waals surface area contributed by atoms with Crippen LogP contribution in [0.4, 0.5) is 4.39 Å². The summed E-state index contributed by atoms with van der Waals surface area (Å²) < 4.78 is 13.1. The Bertz CT molecular complexity index is 565. The largest absolute Gasteiger partial charge is 0.338 e. The van der Waals surface area contributed by atoms with E-state index in [1.54, 1.807) is 16.7 Å². The number of carbonyl (C=O) groups is 1. The Morgan fingerprint density at radius 2 is 2.15 bits per heavy atom. The Hall–Kier alpha value is -1.06. The molecule has 1 aliphatic heterocycles. The number of benzene rings is 1. The number of carbonyl (C=O) groups excluding carboxylic acids is 1. The van der Waals surface area contributed by atoms with Gasteiger partial charge in [-0.05, 0) is 53.2 Å². The highest BCUT2D eigenvalue weighted by atomic mass is 79.9. The second kappa shape index (κ2) is 6.15. The summed E-state index contributed by atoms with van der Waals surface area (Å²) in [6.07, 6.45) is 3.25. The zero-order valence-corrected chi connectivity index (χ0v) is 13.4. The van der Waals surface area contributed by atoms with Gasteiger partial charge in [-0.3, -0.25) is 4.79 Å². The summed E-state index contributed by atoms with van der Waals surface area (Å²) in [4.78, 5) is 14.1. The maximum atomic E-state index is 13.1. The smallest absolute Gasteiger partial charge is 0.255 e. The number of piperidine rings is 1. The number of hydrogen-bond acceptors (Lipinski definition) is 3. The fourth-order valence-electron chi connectivity index (χ4n) is 2.27. The van der Waals surface area contributed by atoms with Crippen molar-refractivity contribution in [2.45, 2.75) is 17.6 Å². The molecule has 1 saturated heterocycles. The van der Waals surface area contributed by atoms with Gasteiger partial charge in [0, 0.05) is 17.6 Å². The first-order chi connectivity index (χ1) is 9.51. The van der Waals surface area contributed by atoms with Crippen LogP contribution < -0.4 is 0 Å². The summed E-state index contributed by atoms with van der Waals surface area (Å²) in [7, 11) is 0. The van der Waals surface area contributed by atoms with Crippen molar-refractivity contribution in [1.29, 1.82) is 5.26 Å². The van der Waals surface area contributed by atoms with Crippen molar-refractivity contribution in [2.75, 3.05) is 19.3 Å². The highest BCUT2D eigenvalue weighted by molar-refractivity contribution is 9.10. The van der Waals surface area contributed by atoms with Crippen molar-refractivity contribution in [3.8, 4) is 6.07 Å². The zero-order valence-electron chi connectivity index (χ0n) is 11.0. The number of hydrogen-bond donors (Lipinski definition) is 0. The lowest BCUT2D eigenvalue weighted by Gasteiger charge is -2.36. The number of likely N-dealkylation sites (tertiary alicyclic amines) is 1. The van der Waals surface area contributed by atoms with Crippen LogP contribution in [0.25, 0.3) is 0 Å². The summed E-state index contributed by atoms with van der Waals surface area (Å²) in [6, 6.07) is 6.41. The number of rotatable bonds is 2. The second-order valence-corrected chi connectivity index (χ2v) is 6.77. The minimum absolute atomic E-state index is 0.121. The van der Waals surface area contributed by atoms with Gasteiger partial charge in [-0.15, -0.1) is 11.8 Å². The summed E-state index contributed by atoms with van der Waals surface area (Å²) in [6.45, 7) is 1.11. The van der Waals surface area contributed by atoms with Gasteiger partial charge >= 0.3 is 0 Å². The monoisotopic (exact) mass is 356 g/mol. The van der Waals surface area contributed by atoms with Gasteiger partial charge < -0.3 is 4.90 Å². The maximum Gasteiger partial charge on any atom is 0.255 e. The van der Waals surface area contributed by atoms with E-state index in [2.05, 4.69) is 22.0 Å². The van der Waals surface area contributed by atoms with E-state index in [0.29, 0.717) is 36.0 Å². The minimum Gasteiger partial charge on any atom is -0.338 e. The molecule has 1 aromatic rings. The molecule has 1 aromatic carbocycles. The first kappa shape index (κ1) is 15.3. The van der Waals surface area contributed by atoms with Crippen molar-refractivity contribution in [2.24, 2.45) is 0 Å².